The average molecular weight is 425 g/mol. The smallest absolute Gasteiger partial charge is 0.271 e. The molecule has 0 saturated heterocycles. The number of aromatic nitrogens is 1. The largest absolute Gasteiger partial charge is 0.354 e. The van der Waals surface area contributed by atoms with Crippen LogP contribution in [0.1, 0.15) is 22.3 Å². The first kappa shape index (κ1) is 20.2. The zero-order chi connectivity index (χ0) is 21.3. The van der Waals surface area contributed by atoms with Gasteiger partial charge in [0, 0.05) is 29.4 Å². The van der Waals surface area contributed by atoms with E-state index in [0.29, 0.717) is 18.8 Å². The van der Waals surface area contributed by atoms with Gasteiger partial charge in [-0.3, -0.25) is 14.4 Å². The summed E-state index contributed by atoms with van der Waals surface area (Å²) >= 11 is 1.65. The summed E-state index contributed by atoms with van der Waals surface area (Å²) in [6.07, 6.45) is 0.760. The fourth-order valence-electron chi connectivity index (χ4n) is 3.79. The number of hydrogen-bond acceptors (Lipinski definition) is 4. The first-order valence-corrected chi connectivity index (χ1v) is 10.7. The Morgan fingerprint density at radius 2 is 1.97 bits per heavy atom. The molecule has 0 saturated carbocycles. The summed E-state index contributed by atoms with van der Waals surface area (Å²) in [6.45, 7) is 2.44. The predicted molar refractivity (Wildman–Crippen MR) is 116 cm³/mol. The molecule has 3 amide bonds. The standard InChI is InChI=1S/C22H24N4O3S/c1-22(21(29)24-13-19(27)23-10-9-16-7-5-11-30-16)14-26-17-8-4-3-6-15(17)12-18(26)20(28)25(22)2/h3-8,11-12H,9-10,13-14H2,1-2H3,(H,23,27)(H,24,29)/t22-/m1/s1. The summed E-state index contributed by atoms with van der Waals surface area (Å²) in [4.78, 5) is 40.8. The van der Waals surface area contributed by atoms with Crippen LogP contribution in [0.4, 0.5) is 0 Å². The highest BCUT2D eigenvalue weighted by atomic mass is 32.1. The molecular weight excluding hydrogens is 400 g/mol. The third-order valence-corrected chi connectivity index (χ3v) is 6.65. The van der Waals surface area contributed by atoms with Gasteiger partial charge in [0.15, 0.2) is 0 Å². The summed E-state index contributed by atoms with van der Waals surface area (Å²) in [5.74, 6) is -0.814. The summed E-state index contributed by atoms with van der Waals surface area (Å²) in [5.41, 5.74) is 0.387. The highest BCUT2D eigenvalue weighted by Crippen LogP contribution is 2.31. The minimum Gasteiger partial charge on any atom is -0.354 e. The van der Waals surface area contributed by atoms with Crippen molar-refractivity contribution in [1.82, 2.24) is 20.1 Å². The van der Waals surface area contributed by atoms with Crippen molar-refractivity contribution >= 4 is 40.0 Å². The van der Waals surface area contributed by atoms with Gasteiger partial charge in [-0.05, 0) is 36.9 Å². The van der Waals surface area contributed by atoms with E-state index in [1.165, 1.54) is 9.78 Å². The second-order valence-corrected chi connectivity index (χ2v) is 8.71. The number of rotatable bonds is 6. The summed E-state index contributed by atoms with van der Waals surface area (Å²) in [6, 6.07) is 13.6. The SMILES string of the molecule is CN1C(=O)c2cc3ccccc3n2C[C@]1(C)C(=O)NCC(=O)NCCc1cccs1. The third-order valence-electron chi connectivity index (χ3n) is 5.71. The van der Waals surface area contributed by atoms with Crippen molar-refractivity contribution in [2.24, 2.45) is 0 Å². The second kappa shape index (κ2) is 7.95. The Morgan fingerprint density at radius 3 is 2.73 bits per heavy atom. The summed E-state index contributed by atoms with van der Waals surface area (Å²) in [5, 5.41) is 8.48. The number of nitrogens with one attached hydrogen (secondary N) is 2. The Labute approximate surface area is 178 Å². The lowest BCUT2D eigenvalue weighted by Crippen LogP contribution is -2.63. The Balaban J connectivity index is 1.41. The highest BCUT2D eigenvalue weighted by molar-refractivity contribution is 7.09. The van der Waals surface area contributed by atoms with E-state index in [4.69, 9.17) is 0 Å². The number of amides is 3. The zero-order valence-corrected chi connectivity index (χ0v) is 17.8. The highest BCUT2D eigenvalue weighted by Gasteiger charge is 2.45. The van der Waals surface area contributed by atoms with Gasteiger partial charge in [0.2, 0.25) is 11.8 Å². The van der Waals surface area contributed by atoms with Crippen LogP contribution in [0.5, 0.6) is 0 Å². The van der Waals surface area contributed by atoms with E-state index in [0.717, 1.165) is 17.3 Å². The van der Waals surface area contributed by atoms with Gasteiger partial charge in [0.1, 0.15) is 11.2 Å². The van der Waals surface area contributed by atoms with Gasteiger partial charge < -0.3 is 20.1 Å². The maximum Gasteiger partial charge on any atom is 0.271 e. The number of carbonyl (C=O) groups excluding carboxylic acids is 3. The van der Waals surface area contributed by atoms with Crippen molar-refractivity contribution in [3.8, 4) is 0 Å². The van der Waals surface area contributed by atoms with E-state index < -0.39 is 5.54 Å². The van der Waals surface area contributed by atoms with Crippen molar-refractivity contribution in [1.29, 1.82) is 0 Å². The van der Waals surface area contributed by atoms with Crippen LogP contribution in [0, 0.1) is 0 Å². The fourth-order valence-corrected chi connectivity index (χ4v) is 4.49. The maximum atomic E-state index is 13.0. The van der Waals surface area contributed by atoms with E-state index in [2.05, 4.69) is 10.6 Å². The molecule has 30 heavy (non-hydrogen) atoms. The molecule has 0 spiro atoms. The number of fused-ring (bicyclic) bond motifs is 3. The number of benzene rings is 1. The van der Waals surface area contributed by atoms with Gasteiger partial charge in [-0.25, -0.2) is 0 Å². The number of likely N-dealkylation sites (N-methyl/N-ethyl adjacent to an activating group) is 1. The molecule has 1 aliphatic rings. The molecule has 7 nitrogen and oxygen atoms in total. The molecule has 0 fully saturated rings. The van der Waals surface area contributed by atoms with E-state index in [1.807, 2.05) is 52.4 Å². The van der Waals surface area contributed by atoms with Crippen LogP contribution in [0.15, 0.2) is 47.8 Å². The lowest BCUT2D eigenvalue weighted by Gasteiger charge is -2.41. The molecule has 0 aliphatic carbocycles. The Morgan fingerprint density at radius 1 is 1.17 bits per heavy atom. The first-order chi connectivity index (χ1) is 14.4. The molecule has 1 atom stereocenters. The van der Waals surface area contributed by atoms with Crippen LogP contribution in [-0.4, -0.2) is 52.9 Å². The number of nitrogens with zero attached hydrogens (tertiary/aromatic N) is 2. The minimum atomic E-state index is -1.09. The molecule has 3 aromatic rings. The van der Waals surface area contributed by atoms with Crippen molar-refractivity contribution < 1.29 is 14.4 Å². The number of thiophene rings is 1. The monoisotopic (exact) mass is 424 g/mol. The summed E-state index contributed by atoms with van der Waals surface area (Å²) < 4.78 is 1.89. The lowest BCUT2D eigenvalue weighted by molar-refractivity contribution is -0.134. The van der Waals surface area contributed by atoms with E-state index in [1.54, 1.807) is 25.3 Å². The van der Waals surface area contributed by atoms with Crippen molar-refractivity contribution in [2.75, 3.05) is 20.1 Å². The Kier molecular flexibility index (Phi) is 5.34. The van der Waals surface area contributed by atoms with Gasteiger partial charge in [-0.2, -0.15) is 0 Å². The molecule has 0 bridgehead atoms. The van der Waals surface area contributed by atoms with Crippen LogP contribution in [0.3, 0.4) is 0 Å². The van der Waals surface area contributed by atoms with Crippen LogP contribution in [0.25, 0.3) is 10.9 Å². The summed E-state index contributed by atoms with van der Waals surface area (Å²) in [7, 11) is 1.63. The van der Waals surface area contributed by atoms with Crippen LogP contribution >= 0.6 is 11.3 Å². The normalized spacial score (nSPS) is 18.3. The first-order valence-electron chi connectivity index (χ1n) is 9.84. The van der Waals surface area contributed by atoms with Gasteiger partial charge in [0.05, 0.1) is 13.1 Å². The number of hydrogen-bond donors (Lipinski definition) is 2. The molecule has 3 heterocycles. The zero-order valence-electron chi connectivity index (χ0n) is 17.0. The van der Waals surface area contributed by atoms with E-state index in [9.17, 15) is 14.4 Å². The number of carbonyl (C=O) groups is 3. The Bertz CT molecular complexity index is 1100. The van der Waals surface area contributed by atoms with Crippen molar-refractivity contribution in [3.05, 3.63) is 58.4 Å². The topological polar surface area (TPSA) is 83.4 Å². The molecule has 2 aromatic heterocycles. The molecule has 1 aromatic carbocycles. The van der Waals surface area contributed by atoms with Gasteiger partial charge >= 0.3 is 0 Å². The molecule has 8 heteroatoms. The third kappa shape index (κ3) is 3.59. The molecule has 1 aliphatic heterocycles. The minimum absolute atomic E-state index is 0.125. The molecule has 0 unspecified atom stereocenters. The van der Waals surface area contributed by atoms with Crippen LogP contribution in [0.2, 0.25) is 0 Å². The van der Waals surface area contributed by atoms with E-state index >= 15 is 0 Å². The quantitative estimate of drug-likeness (QED) is 0.635. The van der Waals surface area contributed by atoms with Gasteiger partial charge in [0.25, 0.3) is 5.91 Å². The van der Waals surface area contributed by atoms with Crippen molar-refractivity contribution in [3.63, 3.8) is 0 Å². The fraction of sp³-hybridized carbons (Fsp3) is 0.318. The predicted octanol–water partition coefficient (Wildman–Crippen LogP) is 2.02. The second-order valence-electron chi connectivity index (χ2n) is 7.67. The van der Waals surface area contributed by atoms with Crippen LogP contribution in [-0.2, 0) is 22.6 Å². The molecule has 4 rings (SSSR count). The van der Waals surface area contributed by atoms with E-state index in [-0.39, 0.29) is 24.3 Å². The maximum absolute atomic E-state index is 13.0. The molecular formula is C22H24N4O3S. The molecule has 2 N–H and O–H groups in total. The Hall–Kier alpha value is -3.13. The average Bonchev–Trinajstić information content (AvgIpc) is 3.38. The van der Waals surface area contributed by atoms with Crippen molar-refractivity contribution in [2.45, 2.75) is 25.4 Å². The van der Waals surface area contributed by atoms with Crippen LogP contribution < -0.4 is 10.6 Å². The lowest BCUT2D eigenvalue weighted by atomic mass is 9.95. The molecule has 156 valence electrons. The van der Waals surface area contributed by atoms with Gasteiger partial charge in [-0.1, -0.05) is 24.3 Å². The van der Waals surface area contributed by atoms with Gasteiger partial charge in [-0.15, -0.1) is 11.3 Å². The number of para-hydroxylation sites is 1. The molecule has 0 radical (unpaired) electrons.